The quantitative estimate of drug-likeness (QED) is 0.903. The van der Waals surface area contributed by atoms with Crippen LogP contribution in [-0.4, -0.2) is 16.7 Å². The van der Waals surface area contributed by atoms with E-state index in [0.29, 0.717) is 11.7 Å². The Kier molecular flexibility index (Phi) is 2.83. The molecule has 2 aromatic heterocycles. The molecule has 3 rings (SSSR count). The number of rotatable bonds is 2. The normalized spacial score (nSPS) is 19.6. The molecule has 0 bridgehead atoms. The fourth-order valence-corrected chi connectivity index (χ4v) is 3.10. The topological polar surface area (TPSA) is 74.2 Å². The van der Waals surface area contributed by atoms with Crippen molar-refractivity contribution in [1.82, 2.24) is 10.1 Å². The highest BCUT2D eigenvalue weighted by Gasteiger charge is 2.25. The fraction of sp³-hybridized carbons (Fsp3) is 0.500. The first-order valence-electron chi connectivity index (χ1n) is 5.98. The Balaban J connectivity index is 1.97. The molecular weight excluding hydrogens is 250 g/mol. The maximum Gasteiger partial charge on any atom is 0.261 e. The number of aromatic nitrogens is 2. The van der Waals surface area contributed by atoms with Gasteiger partial charge in [-0.2, -0.15) is 4.98 Å². The average Bonchev–Trinajstić information content (AvgIpc) is 3.01. The molecule has 3 heterocycles. The van der Waals surface area contributed by atoms with Gasteiger partial charge in [-0.15, -0.1) is 11.3 Å². The number of nitrogens with zero attached hydrogens (tertiary/aromatic N) is 2. The minimum absolute atomic E-state index is 0.0243. The zero-order valence-electron chi connectivity index (χ0n) is 10.4. The van der Waals surface area contributed by atoms with Crippen molar-refractivity contribution >= 4 is 16.3 Å². The molecule has 2 N–H and O–H groups in total. The number of aryl methyl sites for hydroxylation is 1. The summed E-state index contributed by atoms with van der Waals surface area (Å²) < 4.78 is 10.9. The van der Waals surface area contributed by atoms with Crippen LogP contribution in [0, 0.1) is 13.8 Å². The van der Waals surface area contributed by atoms with Crippen molar-refractivity contribution in [2.45, 2.75) is 32.8 Å². The molecule has 0 spiro atoms. The van der Waals surface area contributed by atoms with E-state index in [1.54, 1.807) is 11.3 Å². The van der Waals surface area contributed by atoms with E-state index in [1.807, 2.05) is 13.8 Å². The largest absolute Gasteiger partial charge is 0.390 e. The molecule has 96 valence electrons. The molecule has 5 nitrogen and oxygen atoms in total. The molecule has 2 aromatic rings. The molecule has 0 aromatic carbocycles. The van der Waals surface area contributed by atoms with Gasteiger partial charge in [0.25, 0.3) is 5.89 Å². The van der Waals surface area contributed by atoms with Crippen LogP contribution < -0.4 is 5.73 Å². The monoisotopic (exact) mass is 265 g/mol. The first kappa shape index (κ1) is 11.7. The van der Waals surface area contributed by atoms with E-state index >= 15 is 0 Å². The van der Waals surface area contributed by atoms with Gasteiger partial charge in [0.05, 0.1) is 10.6 Å². The summed E-state index contributed by atoms with van der Waals surface area (Å²) in [7, 11) is 0. The van der Waals surface area contributed by atoms with Crippen LogP contribution in [0.1, 0.15) is 35.2 Å². The minimum Gasteiger partial charge on any atom is -0.390 e. The highest BCUT2D eigenvalue weighted by atomic mass is 32.1. The predicted octanol–water partition coefficient (Wildman–Crippen LogP) is 2.85. The van der Waals surface area contributed by atoms with Crippen LogP contribution in [0.4, 0.5) is 5.00 Å². The molecule has 0 amide bonds. The van der Waals surface area contributed by atoms with Crippen LogP contribution in [0.15, 0.2) is 4.52 Å². The van der Waals surface area contributed by atoms with E-state index in [4.69, 9.17) is 15.0 Å². The van der Waals surface area contributed by atoms with Crippen LogP contribution in [0.5, 0.6) is 0 Å². The number of nitrogen functional groups attached to an aromatic ring is 1. The molecule has 1 unspecified atom stereocenters. The van der Waals surface area contributed by atoms with Crippen molar-refractivity contribution in [3.8, 4) is 11.5 Å². The van der Waals surface area contributed by atoms with Gasteiger partial charge in [-0.25, -0.2) is 0 Å². The maximum absolute atomic E-state index is 6.00. The van der Waals surface area contributed by atoms with Crippen LogP contribution in [-0.2, 0) is 4.74 Å². The third kappa shape index (κ3) is 1.81. The third-order valence-electron chi connectivity index (χ3n) is 3.29. The summed E-state index contributed by atoms with van der Waals surface area (Å²) >= 11 is 1.55. The van der Waals surface area contributed by atoms with Crippen molar-refractivity contribution in [2.24, 2.45) is 0 Å². The summed E-state index contributed by atoms with van der Waals surface area (Å²) in [5.74, 6) is 1.13. The summed E-state index contributed by atoms with van der Waals surface area (Å²) in [6, 6.07) is 0. The molecule has 1 aliphatic rings. The molecule has 1 aliphatic heterocycles. The molecule has 6 heteroatoms. The van der Waals surface area contributed by atoms with Crippen LogP contribution >= 0.6 is 11.3 Å². The lowest BCUT2D eigenvalue weighted by Crippen LogP contribution is -1.98. The zero-order chi connectivity index (χ0) is 12.7. The van der Waals surface area contributed by atoms with Crippen molar-refractivity contribution < 1.29 is 9.26 Å². The Morgan fingerprint density at radius 3 is 2.83 bits per heavy atom. The Bertz CT molecular complexity index is 570. The third-order valence-corrected chi connectivity index (χ3v) is 4.32. The Morgan fingerprint density at radius 1 is 1.39 bits per heavy atom. The van der Waals surface area contributed by atoms with Crippen molar-refractivity contribution in [2.75, 3.05) is 12.3 Å². The van der Waals surface area contributed by atoms with E-state index < -0.39 is 0 Å². The predicted molar refractivity (Wildman–Crippen MR) is 69.4 cm³/mol. The second kappa shape index (κ2) is 4.37. The first-order chi connectivity index (χ1) is 8.66. The van der Waals surface area contributed by atoms with Crippen LogP contribution in [0.3, 0.4) is 0 Å². The van der Waals surface area contributed by atoms with Crippen molar-refractivity contribution in [1.29, 1.82) is 0 Å². The molecule has 1 atom stereocenters. The van der Waals surface area contributed by atoms with E-state index in [0.717, 1.165) is 35.6 Å². The Labute approximate surface area is 109 Å². The van der Waals surface area contributed by atoms with Crippen LogP contribution in [0.2, 0.25) is 0 Å². The number of thiophene rings is 1. The lowest BCUT2D eigenvalue weighted by molar-refractivity contribution is 0.103. The minimum atomic E-state index is -0.0243. The summed E-state index contributed by atoms with van der Waals surface area (Å²) in [6.07, 6.45) is 1.98. The van der Waals surface area contributed by atoms with Gasteiger partial charge >= 0.3 is 0 Å². The highest BCUT2D eigenvalue weighted by Crippen LogP contribution is 2.38. The maximum atomic E-state index is 6.00. The Morgan fingerprint density at radius 2 is 2.22 bits per heavy atom. The lowest BCUT2D eigenvalue weighted by Gasteiger charge is -2.00. The smallest absolute Gasteiger partial charge is 0.261 e. The molecule has 1 fully saturated rings. The lowest BCUT2D eigenvalue weighted by atomic mass is 10.1. The van der Waals surface area contributed by atoms with Gasteiger partial charge in [-0.1, -0.05) is 5.16 Å². The van der Waals surface area contributed by atoms with Gasteiger partial charge in [-0.3, -0.25) is 0 Å². The van der Waals surface area contributed by atoms with E-state index in [1.165, 1.54) is 4.88 Å². The van der Waals surface area contributed by atoms with E-state index in [2.05, 4.69) is 10.1 Å². The van der Waals surface area contributed by atoms with Gasteiger partial charge in [0.2, 0.25) is 5.82 Å². The van der Waals surface area contributed by atoms with Gasteiger partial charge in [0.1, 0.15) is 6.10 Å². The number of nitrogens with two attached hydrogens (primary N) is 1. The van der Waals surface area contributed by atoms with E-state index in [9.17, 15) is 0 Å². The molecule has 0 aliphatic carbocycles. The average molecular weight is 265 g/mol. The number of ether oxygens (including phenoxy) is 1. The molecular formula is C12H15N3O2S. The number of hydrogen-bond acceptors (Lipinski definition) is 6. The summed E-state index contributed by atoms with van der Waals surface area (Å²) in [5.41, 5.74) is 7.98. The summed E-state index contributed by atoms with van der Waals surface area (Å²) in [6.45, 7) is 4.83. The van der Waals surface area contributed by atoms with Gasteiger partial charge in [-0.05, 0) is 32.3 Å². The second-order valence-corrected chi connectivity index (χ2v) is 5.74. The zero-order valence-corrected chi connectivity index (χ0v) is 11.2. The van der Waals surface area contributed by atoms with Gasteiger partial charge < -0.3 is 15.0 Å². The molecule has 1 saturated heterocycles. The summed E-state index contributed by atoms with van der Waals surface area (Å²) in [4.78, 5) is 5.60. The standard InChI is InChI=1S/C12H15N3O2S/c1-6-7(2)18-10(13)9(6)12-14-11(15-17-12)8-4-3-5-16-8/h8H,3-5,13H2,1-2H3. The number of hydrogen-bond donors (Lipinski definition) is 1. The van der Waals surface area contributed by atoms with E-state index in [-0.39, 0.29) is 6.10 Å². The first-order valence-corrected chi connectivity index (χ1v) is 6.79. The molecule has 0 saturated carbocycles. The molecule has 18 heavy (non-hydrogen) atoms. The number of anilines is 1. The summed E-state index contributed by atoms with van der Waals surface area (Å²) in [5, 5.41) is 4.73. The SMILES string of the molecule is Cc1sc(N)c(-c2nc(C3CCCO3)no2)c1C. The van der Waals surface area contributed by atoms with Gasteiger partial charge in [0.15, 0.2) is 0 Å². The Hall–Kier alpha value is -1.40. The van der Waals surface area contributed by atoms with Crippen LogP contribution in [0.25, 0.3) is 11.5 Å². The highest BCUT2D eigenvalue weighted by molar-refractivity contribution is 7.16. The second-order valence-electron chi connectivity index (χ2n) is 4.48. The van der Waals surface area contributed by atoms with Gasteiger partial charge in [0, 0.05) is 11.5 Å². The van der Waals surface area contributed by atoms with Crippen molar-refractivity contribution in [3.05, 3.63) is 16.3 Å². The van der Waals surface area contributed by atoms with Crippen molar-refractivity contribution in [3.63, 3.8) is 0 Å². The molecule has 0 radical (unpaired) electrons. The fourth-order valence-electron chi connectivity index (χ4n) is 2.17.